The number of benzene rings is 1. The molecular formula is C17H25N3O3. The fourth-order valence-corrected chi connectivity index (χ4v) is 2.91. The van der Waals surface area contributed by atoms with E-state index in [2.05, 4.69) is 0 Å². The summed E-state index contributed by atoms with van der Waals surface area (Å²) >= 11 is 0. The predicted octanol–water partition coefficient (Wildman–Crippen LogP) is 1.00. The third-order valence-electron chi connectivity index (χ3n) is 3.83. The lowest BCUT2D eigenvalue weighted by Gasteiger charge is -2.36. The highest BCUT2D eigenvalue weighted by Crippen LogP contribution is 2.18. The van der Waals surface area contributed by atoms with Gasteiger partial charge in [0.25, 0.3) is 0 Å². The van der Waals surface area contributed by atoms with E-state index in [4.69, 9.17) is 10.5 Å². The summed E-state index contributed by atoms with van der Waals surface area (Å²) in [6.07, 6.45) is -0.783. The van der Waals surface area contributed by atoms with Crippen LogP contribution in [0.3, 0.4) is 0 Å². The molecule has 1 fully saturated rings. The van der Waals surface area contributed by atoms with Crippen LogP contribution in [-0.2, 0) is 14.3 Å². The van der Waals surface area contributed by atoms with Gasteiger partial charge in [0.05, 0.1) is 12.6 Å². The zero-order chi connectivity index (χ0) is 17.0. The maximum absolute atomic E-state index is 12.8. The number of amides is 2. The molecule has 1 aromatic rings. The Balaban J connectivity index is 2.08. The molecule has 1 aliphatic heterocycles. The number of nitrogens with zero attached hydrogens (tertiary/aromatic N) is 2. The van der Waals surface area contributed by atoms with Crippen molar-refractivity contribution in [2.24, 2.45) is 5.73 Å². The first kappa shape index (κ1) is 17.4. The Morgan fingerprint density at radius 3 is 2.52 bits per heavy atom. The van der Waals surface area contributed by atoms with E-state index in [1.165, 1.54) is 0 Å². The van der Waals surface area contributed by atoms with Crippen LogP contribution in [0, 0.1) is 0 Å². The zero-order valence-electron chi connectivity index (χ0n) is 13.9. The molecule has 0 radical (unpaired) electrons. The Kier molecular flexibility index (Phi) is 5.74. The van der Waals surface area contributed by atoms with Gasteiger partial charge in [-0.15, -0.1) is 0 Å². The summed E-state index contributed by atoms with van der Waals surface area (Å²) in [4.78, 5) is 27.8. The van der Waals surface area contributed by atoms with Crippen LogP contribution in [0.1, 0.15) is 20.8 Å². The number of carbonyl (C=O) groups excluding carboxylic acids is 2. The molecular weight excluding hydrogens is 294 g/mol. The molecule has 1 saturated heterocycles. The first-order valence-electron chi connectivity index (χ1n) is 7.92. The molecule has 0 aliphatic carbocycles. The van der Waals surface area contributed by atoms with Crippen molar-refractivity contribution < 1.29 is 14.3 Å². The largest absolute Gasteiger partial charge is 0.367 e. The average molecular weight is 319 g/mol. The van der Waals surface area contributed by atoms with Gasteiger partial charge >= 0.3 is 0 Å². The van der Waals surface area contributed by atoms with Gasteiger partial charge in [0.2, 0.25) is 11.8 Å². The van der Waals surface area contributed by atoms with Crippen molar-refractivity contribution in [3.8, 4) is 0 Å². The van der Waals surface area contributed by atoms with Gasteiger partial charge in [-0.2, -0.15) is 0 Å². The van der Waals surface area contributed by atoms with Gasteiger partial charge < -0.3 is 15.4 Å². The minimum Gasteiger partial charge on any atom is -0.367 e. The number of ether oxygens (including phenoxy) is 1. The topological polar surface area (TPSA) is 75.9 Å². The summed E-state index contributed by atoms with van der Waals surface area (Å²) in [7, 11) is 0. The maximum atomic E-state index is 12.8. The number of rotatable bonds is 5. The zero-order valence-corrected chi connectivity index (χ0v) is 13.9. The molecule has 1 heterocycles. The SMILES string of the molecule is CC(C)N(C(=O)CN1C[C@@H](C)O[C@H](C(N)=O)C1)c1ccccc1. The number of hydrogen-bond acceptors (Lipinski definition) is 4. The molecule has 2 rings (SSSR count). The highest BCUT2D eigenvalue weighted by atomic mass is 16.5. The molecule has 1 aliphatic rings. The molecule has 1 aromatic carbocycles. The van der Waals surface area contributed by atoms with Crippen molar-refractivity contribution in [2.45, 2.75) is 39.0 Å². The molecule has 126 valence electrons. The summed E-state index contributed by atoms with van der Waals surface area (Å²) < 4.78 is 5.51. The number of hydrogen-bond donors (Lipinski definition) is 1. The van der Waals surface area contributed by atoms with E-state index < -0.39 is 12.0 Å². The van der Waals surface area contributed by atoms with Gasteiger partial charge in [-0.25, -0.2) is 0 Å². The van der Waals surface area contributed by atoms with Crippen molar-refractivity contribution in [3.63, 3.8) is 0 Å². The Bertz CT molecular complexity index is 547. The monoisotopic (exact) mass is 319 g/mol. The normalized spacial score (nSPS) is 22.1. The lowest BCUT2D eigenvalue weighted by atomic mass is 10.2. The lowest BCUT2D eigenvalue weighted by Crippen LogP contribution is -2.54. The quantitative estimate of drug-likeness (QED) is 0.878. The second kappa shape index (κ2) is 7.57. The van der Waals surface area contributed by atoms with Crippen LogP contribution in [0.5, 0.6) is 0 Å². The summed E-state index contributed by atoms with van der Waals surface area (Å²) in [6.45, 7) is 7.05. The van der Waals surface area contributed by atoms with E-state index >= 15 is 0 Å². The first-order chi connectivity index (χ1) is 10.9. The van der Waals surface area contributed by atoms with Crippen molar-refractivity contribution in [3.05, 3.63) is 30.3 Å². The number of anilines is 1. The molecule has 2 amide bonds. The minimum atomic E-state index is -0.657. The summed E-state index contributed by atoms with van der Waals surface area (Å²) in [5.74, 6) is -0.485. The molecule has 23 heavy (non-hydrogen) atoms. The third kappa shape index (κ3) is 4.53. The van der Waals surface area contributed by atoms with Crippen molar-refractivity contribution in [2.75, 3.05) is 24.5 Å². The molecule has 6 heteroatoms. The van der Waals surface area contributed by atoms with Crippen LogP contribution >= 0.6 is 0 Å². The average Bonchev–Trinajstić information content (AvgIpc) is 2.47. The lowest BCUT2D eigenvalue weighted by molar-refractivity contribution is -0.144. The molecule has 2 N–H and O–H groups in total. The highest BCUT2D eigenvalue weighted by Gasteiger charge is 2.31. The number of para-hydroxylation sites is 1. The molecule has 6 nitrogen and oxygen atoms in total. The minimum absolute atomic E-state index is 0.00326. The van der Waals surface area contributed by atoms with Crippen LogP contribution in [0.4, 0.5) is 5.69 Å². The van der Waals surface area contributed by atoms with Gasteiger partial charge in [0.1, 0.15) is 6.10 Å². The molecule has 0 unspecified atom stereocenters. The first-order valence-corrected chi connectivity index (χ1v) is 7.92. The maximum Gasteiger partial charge on any atom is 0.247 e. The van der Waals surface area contributed by atoms with E-state index in [0.717, 1.165) is 5.69 Å². The van der Waals surface area contributed by atoms with E-state index in [-0.39, 0.29) is 24.6 Å². The van der Waals surface area contributed by atoms with Gasteiger partial charge in [-0.05, 0) is 32.9 Å². The van der Waals surface area contributed by atoms with Gasteiger partial charge in [-0.3, -0.25) is 14.5 Å². The van der Waals surface area contributed by atoms with Gasteiger partial charge in [0, 0.05) is 24.8 Å². The molecule has 0 aromatic heterocycles. The second-order valence-corrected chi connectivity index (χ2v) is 6.22. The molecule has 2 atom stereocenters. The number of nitrogens with two attached hydrogens (primary N) is 1. The number of primary amides is 1. The van der Waals surface area contributed by atoms with Crippen molar-refractivity contribution >= 4 is 17.5 Å². The number of carbonyl (C=O) groups is 2. The van der Waals surface area contributed by atoms with E-state index in [9.17, 15) is 9.59 Å². The highest BCUT2D eigenvalue weighted by molar-refractivity contribution is 5.95. The molecule has 0 bridgehead atoms. The standard InChI is InChI=1S/C17H25N3O3/c1-12(2)20(14-7-5-4-6-8-14)16(21)11-19-9-13(3)23-15(10-19)17(18)22/h4-8,12-13,15H,9-11H2,1-3H3,(H2,18,22)/t13-,15+/m1/s1. The smallest absolute Gasteiger partial charge is 0.247 e. The third-order valence-corrected chi connectivity index (χ3v) is 3.83. The van der Waals surface area contributed by atoms with E-state index in [1.54, 1.807) is 4.90 Å². The summed E-state index contributed by atoms with van der Waals surface area (Å²) in [5.41, 5.74) is 6.21. The van der Waals surface area contributed by atoms with E-state index in [1.807, 2.05) is 56.0 Å². The Labute approximate surface area is 137 Å². The van der Waals surface area contributed by atoms with Gasteiger partial charge in [-0.1, -0.05) is 18.2 Å². The summed E-state index contributed by atoms with van der Waals surface area (Å²) in [6, 6.07) is 9.65. The van der Waals surface area contributed by atoms with Crippen LogP contribution < -0.4 is 10.6 Å². The van der Waals surface area contributed by atoms with Crippen LogP contribution in [0.2, 0.25) is 0 Å². The van der Waals surface area contributed by atoms with Crippen LogP contribution in [-0.4, -0.2) is 54.6 Å². The van der Waals surface area contributed by atoms with Gasteiger partial charge in [0.15, 0.2) is 0 Å². The van der Waals surface area contributed by atoms with Crippen LogP contribution in [0.15, 0.2) is 30.3 Å². The number of morpholine rings is 1. The molecule has 0 saturated carbocycles. The van der Waals surface area contributed by atoms with Crippen LogP contribution in [0.25, 0.3) is 0 Å². The Hall–Kier alpha value is -1.92. The predicted molar refractivity (Wildman–Crippen MR) is 89.0 cm³/mol. The van der Waals surface area contributed by atoms with E-state index in [0.29, 0.717) is 13.1 Å². The fraction of sp³-hybridized carbons (Fsp3) is 0.529. The summed E-state index contributed by atoms with van der Waals surface area (Å²) in [5, 5.41) is 0. The Morgan fingerprint density at radius 2 is 1.96 bits per heavy atom. The van der Waals surface area contributed by atoms with Crippen molar-refractivity contribution in [1.29, 1.82) is 0 Å². The second-order valence-electron chi connectivity index (χ2n) is 6.22. The Morgan fingerprint density at radius 1 is 1.30 bits per heavy atom. The fourth-order valence-electron chi connectivity index (χ4n) is 2.91. The molecule has 0 spiro atoms. The van der Waals surface area contributed by atoms with Crippen molar-refractivity contribution in [1.82, 2.24) is 4.90 Å².